The zero-order chi connectivity index (χ0) is 12.3. The number of nitrogens with one attached hydrogen (secondary N) is 1. The van der Waals surface area contributed by atoms with Gasteiger partial charge in [-0.3, -0.25) is 15.0 Å². The monoisotopic (exact) mass is 228 g/mol. The molecule has 2 heterocycles. The maximum atomic E-state index is 4.40. The molecule has 0 radical (unpaired) electrons. The molecule has 17 heavy (non-hydrogen) atoms. The lowest BCUT2D eigenvalue weighted by Gasteiger charge is -2.15. The second-order valence-corrected chi connectivity index (χ2v) is 4.04. The van der Waals surface area contributed by atoms with Crippen LogP contribution in [0.1, 0.15) is 28.7 Å². The van der Waals surface area contributed by atoms with Crippen molar-refractivity contribution in [1.29, 1.82) is 0 Å². The Morgan fingerprint density at radius 2 is 1.71 bits per heavy atom. The van der Waals surface area contributed by atoms with Crippen LogP contribution in [0.25, 0.3) is 0 Å². The fraction of sp³-hybridized carbons (Fsp3) is 0.308. The van der Waals surface area contributed by atoms with Crippen molar-refractivity contribution in [2.45, 2.75) is 19.9 Å². The van der Waals surface area contributed by atoms with Crippen LogP contribution in [0.15, 0.2) is 30.7 Å². The highest BCUT2D eigenvalue weighted by Gasteiger charge is 2.13. The van der Waals surface area contributed by atoms with Gasteiger partial charge in [-0.1, -0.05) is 6.07 Å². The summed E-state index contributed by atoms with van der Waals surface area (Å²) in [6.45, 7) is 3.91. The molecule has 0 fully saturated rings. The van der Waals surface area contributed by atoms with Crippen LogP contribution in [0, 0.1) is 13.8 Å². The highest BCUT2D eigenvalue weighted by atomic mass is 14.9. The minimum atomic E-state index is 0.0381. The van der Waals surface area contributed by atoms with E-state index in [4.69, 9.17) is 0 Å². The molecule has 1 atom stereocenters. The number of nitrogens with zero attached hydrogens (tertiary/aromatic N) is 3. The van der Waals surface area contributed by atoms with Crippen molar-refractivity contribution in [3.05, 3.63) is 53.4 Å². The van der Waals surface area contributed by atoms with Crippen LogP contribution in [0.4, 0.5) is 0 Å². The molecule has 1 N–H and O–H groups in total. The maximum absolute atomic E-state index is 4.40. The van der Waals surface area contributed by atoms with Crippen LogP contribution in [-0.4, -0.2) is 22.0 Å². The number of hydrogen-bond acceptors (Lipinski definition) is 4. The van der Waals surface area contributed by atoms with Gasteiger partial charge < -0.3 is 5.32 Å². The average molecular weight is 228 g/mol. The number of aromatic nitrogens is 3. The summed E-state index contributed by atoms with van der Waals surface area (Å²) in [7, 11) is 1.91. The van der Waals surface area contributed by atoms with Crippen LogP contribution in [0.2, 0.25) is 0 Å². The maximum Gasteiger partial charge on any atom is 0.0802 e. The Labute approximate surface area is 101 Å². The van der Waals surface area contributed by atoms with E-state index in [2.05, 4.69) is 26.3 Å². The van der Waals surface area contributed by atoms with E-state index in [1.807, 2.05) is 33.2 Å². The van der Waals surface area contributed by atoms with Crippen molar-refractivity contribution in [2.75, 3.05) is 7.05 Å². The summed E-state index contributed by atoms with van der Waals surface area (Å²) in [5, 5.41) is 3.23. The molecule has 2 aromatic heterocycles. The second kappa shape index (κ2) is 5.01. The highest BCUT2D eigenvalue weighted by molar-refractivity contribution is 5.25. The van der Waals surface area contributed by atoms with E-state index in [0.29, 0.717) is 0 Å². The Hall–Kier alpha value is -1.81. The Morgan fingerprint density at radius 3 is 2.24 bits per heavy atom. The van der Waals surface area contributed by atoms with Crippen molar-refractivity contribution in [2.24, 2.45) is 0 Å². The van der Waals surface area contributed by atoms with Gasteiger partial charge in [0, 0.05) is 18.1 Å². The molecule has 0 aliphatic carbocycles. The molecule has 4 nitrogen and oxygen atoms in total. The molecule has 2 rings (SSSR count). The van der Waals surface area contributed by atoms with Crippen molar-refractivity contribution in [3.8, 4) is 0 Å². The van der Waals surface area contributed by atoms with Gasteiger partial charge in [0.05, 0.1) is 23.6 Å². The first-order valence-corrected chi connectivity index (χ1v) is 5.59. The van der Waals surface area contributed by atoms with Crippen molar-refractivity contribution in [1.82, 2.24) is 20.3 Å². The topological polar surface area (TPSA) is 50.7 Å². The van der Waals surface area contributed by atoms with Crippen LogP contribution < -0.4 is 5.32 Å². The van der Waals surface area contributed by atoms with E-state index >= 15 is 0 Å². The second-order valence-electron chi connectivity index (χ2n) is 4.04. The summed E-state index contributed by atoms with van der Waals surface area (Å²) in [6.07, 6.45) is 5.45. The Morgan fingerprint density at radius 1 is 0.941 bits per heavy atom. The Bertz CT molecular complexity index is 430. The third-order valence-corrected chi connectivity index (χ3v) is 2.65. The third-order valence-electron chi connectivity index (χ3n) is 2.65. The summed E-state index contributed by atoms with van der Waals surface area (Å²) in [6, 6.07) is 4.10. The summed E-state index contributed by atoms with van der Waals surface area (Å²) >= 11 is 0. The zero-order valence-corrected chi connectivity index (χ0v) is 10.3. The molecule has 0 aliphatic heterocycles. The van der Waals surface area contributed by atoms with Gasteiger partial charge in [-0.25, -0.2) is 0 Å². The largest absolute Gasteiger partial charge is 0.308 e. The molecule has 88 valence electrons. The van der Waals surface area contributed by atoms with Gasteiger partial charge in [0.2, 0.25) is 0 Å². The van der Waals surface area contributed by atoms with Gasteiger partial charge in [-0.05, 0) is 32.5 Å². The quantitative estimate of drug-likeness (QED) is 0.870. The van der Waals surface area contributed by atoms with Crippen LogP contribution in [0.5, 0.6) is 0 Å². The summed E-state index contributed by atoms with van der Waals surface area (Å²) < 4.78 is 0. The number of aryl methyl sites for hydroxylation is 2. The first-order chi connectivity index (χ1) is 8.20. The Kier molecular flexibility index (Phi) is 3.44. The van der Waals surface area contributed by atoms with E-state index in [1.165, 1.54) is 0 Å². The fourth-order valence-electron chi connectivity index (χ4n) is 1.69. The van der Waals surface area contributed by atoms with E-state index in [1.54, 1.807) is 12.4 Å². The van der Waals surface area contributed by atoms with Gasteiger partial charge in [0.15, 0.2) is 0 Å². The van der Waals surface area contributed by atoms with Gasteiger partial charge in [-0.2, -0.15) is 0 Å². The number of rotatable bonds is 3. The molecule has 0 aromatic carbocycles. The lowest BCUT2D eigenvalue weighted by Crippen LogP contribution is -2.19. The van der Waals surface area contributed by atoms with Gasteiger partial charge in [0.1, 0.15) is 0 Å². The molecular weight excluding hydrogens is 212 g/mol. The first kappa shape index (κ1) is 11.7. The summed E-state index contributed by atoms with van der Waals surface area (Å²) in [5.41, 5.74) is 3.93. The zero-order valence-electron chi connectivity index (χ0n) is 10.3. The van der Waals surface area contributed by atoms with Crippen LogP contribution in [-0.2, 0) is 0 Å². The van der Waals surface area contributed by atoms with Crippen LogP contribution >= 0.6 is 0 Å². The summed E-state index contributed by atoms with van der Waals surface area (Å²) in [4.78, 5) is 13.0. The lowest BCUT2D eigenvalue weighted by atomic mass is 10.1. The van der Waals surface area contributed by atoms with Crippen molar-refractivity contribution < 1.29 is 0 Å². The van der Waals surface area contributed by atoms with Gasteiger partial charge in [0.25, 0.3) is 0 Å². The molecule has 0 bridgehead atoms. The number of pyridine rings is 1. The minimum absolute atomic E-state index is 0.0381. The van der Waals surface area contributed by atoms with E-state index < -0.39 is 0 Å². The molecule has 0 amide bonds. The minimum Gasteiger partial charge on any atom is -0.308 e. The van der Waals surface area contributed by atoms with Gasteiger partial charge in [-0.15, -0.1) is 0 Å². The van der Waals surface area contributed by atoms with Crippen molar-refractivity contribution >= 4 is 0 Å². The van der Waals surface area contributed by atoms with Crippen molar-refractivity contribution in [3.63, 3.8) is 0 Å². The molecule has 0 saturated heterocycles. The average Bonchev–Trinajstić information content (AvgIpc) is 2.35. The molecule has 0 aliphatic rings. The first-order valence-electron chi connectivity index (χ1n) is 5.59. The summed E-state index contributed by atoms with van der Waals surface area (Å²) in [5.74, 6) is 0. The number of hydrogen-bond donors (Lipinski definition) is 1. The predicted molar refractivity (Wildman–Crippen MR) is 66.6 cm³/mol. The van der Waals surface area contributed by atoms with Gasteiger partial charge >= 0.3 is 0 Å². The molecule has 0 saturated carbocycles. The Balaban J connectivity index is 2.33. The molecule has 4 heteroatoms. The predicted octanol–water partition coefficient (Wildman–Crippen LogP) is 1.80. The molecular formula is C13H16N4. The molecule has 2 aromatic rings. The third kappa shape index (κ3) is 2.65. The van der Waals surface area contributed by atoms with E-state index in [9.17, 15) is 0 Å². The van der Waals surface area contributed by atoms with E-state index in [-0.39, 0.29) is 6.04 Å². The lowest BCUT2D eigenvalue weighted by molar-refractivity contribution is 0.662. The van der Waals surface area contributed by atoms with E-state index in [0.717, 1.165) is 22.6 Å². The standard InChI is InChI=1S/C13H16N4/c1-9-4-5-11(7-15-9)13(14-3)12-8-16-10(2)6-17-12/h4-8,13-14H,1-3H3. The smallest absolute Gasteiger partial charge is 0.0802 e. The fourth-order valence-corrected chi connectivity index (χ4v) is 1.69. The molecule has 1 unspecified atom stereocenters. The molecule has 0 spiro atoms. The normalized spacial score (nSPS) is 12.4. The SMILES string of the molecule is CNC(c1ccc(C)nc1)c1cnc(C)cn1. The highest BCUT2D eigenvalue weighted by Crippen LogP contribution is 2.18. The van der Waals surface area contributed by atoms with Crippen LogP contribution in [0.3, 0.4) is 0 Å².